The van der Waals surface area contributed by atoms with Gasteiger partial charge in [-0.1, -0.05) is 0 Å². The predicted octanol–water partition coefficient (Wildman–Crippen LogP) is 0.563. The van der Waals surface area contributed by atoms with Crippen molar-refractivity contribution in [2.24, 2.45) is 12.1 Å². The van der Waals surface area contributed by atoms with Gasteiger partial charge in [0.05, 0.1) is 36.5 Å². The number of rotatable bonds is 9. The molecule has 0 amide bonds. The van der Waals surface area contributed by atoms with Crippen LogP contribution in [0.25, 0.3) is 11.2 Å². The summed E-state index contributed by atoms with van der Waals surface area (Å²) in [6.07, 6.45) is 0.373. The number of aliphatic hydroxyl groups is 1. The quantitative estimate of drug-likeness (QED) is 0.244. The number of hydrazone groups is 1. The number of hydrogen-bond acceptors (Lipinski definition) is 9. The fourth-order valence-corrected chi connectivity index (χ4v) is 2.91. The molecular weight excluding hydrogens is 422 g/mol. The molecule has 2 aromatic heterocycles. The molecule has 0 fully saturated rings. The highest BCUT2D eigenvalue weighted by Gasteiger charge is 2.19. The highest BCUT2D eigenvalue weighted by atomic mass is 16.6. The molecule has 32 heavy (non-hydrogen) atoms. The van der Waals surface area contributed by atoms with Gasteiger partial charge in [0.1, 0.15) is 0 Å². The van der Waals surface area contributed by atoms with Crippen molar-refractivity contribution in [3.8, 4) is 0 Å². The van der Waals surface area contributed by atoms with E-state index in [1.807, 2.05) is 13.8 Å². The monoisotopic (exact) mass is 445 g/mol. The lowest BCUT2D eigenvalue weighted by molar-refractivity contribution is -0.384. The second-order valence-electron chi connectivity index (χ2n) is 7.29. The summed E-state index contributed by atoms with van der Waals surface area (Å²) in [5.74, 6) is 0.119. The van der Waals surface area contributed by atoms with Crippen molar-refractivity contribution in [3.05, 3.63) is 60.8 Å². The second-order valence-corrected chi connectivity index (χ2v) is 7.29. The number of non-ortho nitro benzene ring substituents is 1. The molecule has 13 heteroatoms. The van der Waals surface area contributed by atoms with Crippen LogP contribution < -0.4 is 16.7 Å². The molecule has 3 N–H and O–H groups in total. The largest absolute Gasteiger partial charge is 0.389 e. The summed E-state index contributed by atoms with van der Waals surface area (Å²) in [5, 5.41) is 25.2. The van der Waals surface area contributed by atoms with E-state index in [1.54, 1.807) is 0 Å². The van der Waals surface area contributed by atoms with Gasteiger partial charge in [-0.15, -0.1) is 0 Å². The van der Waals surface area contributed by atoms with Crippen molar-refractivity contribution >= 4 is 29.0 Å². The molecule has 1 aromatic carbocycles. The first-order valence-corrected chi connectivity index (χ1v) is 9.70. The Bertz CT molecular complexity index is 1260. The average Bonchev–Trinajstić information content (AvgIpc) is 3.09. The molecule has 0 radical (unpaired) electrons. The minimum atomic E-state index is -0.953. The third kappa shape index (κ3) is 5.07. The lowest BCUT2D eigenvalue weighted by Gasteiger charge is -2.15. The standard InChI is InChI=1S/C19H23N7O6/c1-11(2)32-10-14(27)9-25-15-16(24(3)19(29)22-17(15)28)21-18(25)23-20-8-12-4-6-13(7-5-12)26(30)31/h4-8,11,14,27H,9-10H2,1-3H3,(H,21,23)(H,22,28,29)/b20-8-/t14-/m1/s1. The Morgan fingerprint density at radius 2 is 2.03 bits per heavy atom. The number of fused-ring (bicyclic) bond motifs is 1. The Morgan fingerprint density at radius 1 is 1.34 bits per heavy atom. The van der Waals surface area contributed by atoms with Crippen molar-refractivity contribution in [1.82, 2.24) is 19.1 Å². The van der Waals surface area contributed by atoms with Gasteiger partial charge in [-0.05, 0) is 31.5 Å². The van der Waals surface area contributed by atoms with Crippen LogP contribution in [0, 0.1) is 10.1 Å². The molecule has 13 nitrogen and oxygen atoms in total. The summed E-state index contributed by atoms with van der Waals surface area (Å²) in [5.41, 5.74) is 2.16. The van der Waals surface area contributed by atoms with E-state index in [4.69, 9.17) is 4.74 Å². The molecule has 2 heterocycles. The maximum Gasteiger partial charge on any atom is 0.329 e. The topological polar surface area (TPSA) is 170 Å². The summed E-state index contributed by atoms with van der Waals surface area (Å²) < 4.78 is 8.01. The molecule has 3 aromatic rings. The number of aryl methyl sites for hydroxylation is 1. The van der Waals surface area contributed by atoms with Gasteiger partial charge in [-0.2, -0.15) is 10.1 Å². The predicted molar refractivity (Wildman–Crippen MR) is 117 cm³/mol. The van der Waals surface area contributed by atoms with Gasteiger partial charge < -0.3 is 14.4 Å². The summed E-state index contributed by atoms with van der Waals surface area (Å²) >= 11 is 0. The number of aromatic nitrogens is 4. The number of aromatic amines is 1. The molecule has 0 unspecified atom stereocenters. The Morgan fingerprint density at radius 3 is 2.66 bits per heavy atom. The van der Waals surface area contributed by atoms with Crippen LogP contribution >= 0.6 is 0 Å². The molecule has 0 spiro atoms. The number of nitrogens with zero attached hydrogens (tertiary/aromatic N) is 5. The first-order valence-electron chi connectivity index (χ1n) is 9.70. The molecule has 0 saturated heterocycles. The maximum absolute atomic E-state index is 12.5. The summed E-state index contributed by atoms with van der Waals surface area (Å²) in [6.45, 7) is 3.66. The molecule has 0 aliphatic rings. The van der Waals surface area contributed by atoms with Crippen LogP contribution in [0.3, 0.4) is 0 Å². The fourth-order valence-electron chi connectivity index (χ4n) is 2.91. The minimum Gasteiger partial charge on any atom is -0.389 e. The third-order valence-electron chi connectivity index (χ3n) is 4.50. The smallest absolute Gasteiger partial charge is 0.329 e. The van der Waals surface area contributed by atoms with Gasteiger partial charge in [0.15, 0.2) is 11.2 Å². The van der Waals surface area contributed by atoms with Crippen molar-refractivity contribution in [2.75, 3.05) is 12.0 Å². The third-order valence-corrected chi connectivity index (χ3v) is 4.50. The summed E-state index contributed by atoms with van der Waals surface area (Å²) in [4.78, 5) is 41.1. The van der Waals surface area contributed by atoms with Gasteiger partial charge in [0, 0.05) is 19.2 Å². The first-order chi connectivity index (χ1) is 15.2. The summed E-state index contributed by atoms with van der Waals surface area (Å²) in [6, 6.07) is 5.73. The number of hydrogen-bond donors (Lipinski definition) is 3. The Hall–Kier alpha value is -3.84. The number of ether oxygens (including phenoxy) is 1. The lowest BCUT2D eigenvalue weighted by Crippen LogP contribution is -2.30. The van der Waals surface area contributed by atoms with Gasteiger partial charge in [0.2, 0.25) is 5.95 Å². The van der Waals surface area contributed by atoms with Gasteiger partial charge in [0.25, 0.3) is 11.2 Å². The van der Waals surface area contributed by atoms with E-state index >= 15 is 0 Å². The zero-order valence-corrected chi connectivity index (χ0v) is 17.7. The van der Waals surface area contributed by atoms with Crippen LogP contribution in [0.5, 0.6) is 0 Å². The van der Waals surface area contributed by atoms with Crippen molar-refractivity contribution in [3.63, 3.8) is 0 Å². The van der Waals surface area contributed by atoms with E-state index in [0.717, 1.165) is 0 Å². The molecule has 0 aliphatic carbocycles. The number of anilines is 1. The van der Waals surface area contributed by atoms with Crippen molar-refractivity contribution < 1.29 is 14.8 Å². The normalized spacial score (nSPS) is 12.7. The molecular formula is C19H23N7O6. The number of nitrogens with one attached hydrogen (secondary N) is 2. The van der Waals surface area contributed by atoms with E-state index in [9.17, 15) is 24.8 Å². The van der Waals surface area contributed by atoms with Crippen molar-refractivity contribution in [2.45, 2.75) is 32.6 Å². The highest BCUT2D eigenvalue weighted by Crippen LogP contribution is 2.17. The van der Waals surface area contributed by atoms with E-state index in [-0.39, 0.29) is 42.1 Å². The SMILES string of the molecule is CC(C)OC[C@H](O)Cn1c(N/N=C\c2ccc([N+](=O)[O-])cc2)nc2c1c(=O)[nH]c(=O)n2C. The molecule has 1 atom stereocenters. The van der Waals surface area contributed by atoms with Crippen LogP contribution in [0.1, 0.15) is 19.4 Å². The fraction of sp³-hybridized carbons (Fsp3) is 0.368. The number of H-pyrrole nitrogens is 1. The van der Waals surface area contributed by atoms with Crippen LogP contribution in [0.4, 0.5) is 11.6 Å². The van der Waals surface area contributed by atoms with E-state index < -0.39 is 22.3 Å². The molecule has 170 valence electrons. The van der Waals surface area contributed by atoms with E-state index in [1.165, 1.54) is 46.7 Å². The lowest BCUT2D eigenvalue weighted by atomic mass is 10.2. The van der Waals surface area contributed by atoms with Gasteiger partial charge >= 0.3 is 5.69 Å². The average molecular weight is 445 g/mol. The molecule has 0 bridgehead atoms. The number of imidazole rings is 1. The number of nitro groups is 1. The zero-order valence-electron chi connectivity index (χ0n) is 17.7. The van der Waals surface area contributed by atoms with E-state index in [0.29, 0.717) is 5.56 Å². The summed E-state index contributed by atoms with van der Waals surface area (Å²) in [7, 11) is 1.46. The number of nitro benzene ring substituents is 1. The Balaban J connectivity index is 1.93. The second kappa shape index (κ2) is 9.53. The van der Waals surface area contributed by atoms with Crippen LogP contribution in [0.15, 0.2) is 39.0 Å². The molecule has 3 rings (SSSR count). The molecule has 0 saturated carbocycles. The number of aliphatic hydroxyl groups excluding tert-OH is 1. The Kier molecular flexibility index (Phi) is 6.80. The van der Waals surface area contributed by atoms with Crippen LogP contribution in [-0.2, 0) is 18.3 Å². The molecule has 0 aliphatic heterocycles. The van der Waals surface area contributed by atoms with Gasteiger partial charge in [-0.3, -0.25) is 24.5 Å². The van der Waals surface area contributed by atoms with Gasteiger partial charge in [-0.25, -0.2) is 10.2 Å². The van der Waals surface area contributed by atoms with Crippen LogP contribution in [0.2, 0.25) is 0 Å². The maximum atomic E-state index is 12.5. The first kappa shape index (κ1) is 22.8. The highest BCUT2D eigenvalue weighted by molar-refractivity contribution is 5.81. The van der Waals surface area contributed by atoms with Crippen LogP contribution in [-0.4, -0.2) is 54.2 Å². The minimum absolute atomic E-state index is 0.0342. The van der Waals surface area contributed by atoms with E-state index in [2.05, 4.69) is 20.5 Å². The van der Waals surface area contributed by atoms with Crippen molar-refractivity contribution in [1.29, 1.82) is 0 Å². The zero-order chi connectivity index (χ0) is 23.4. The Labute approximate surface area is 181 Å². The number of benzene rings is 1.